The summed E-state index contributed by atoms with van der Waals surface area (Å²) in [6.07, 6.45) is 6.80. The minimum Gasteiger partial charge on any atom is -0.324 e. The third-order valence-electron chi connectivity index (χ3n) is 5.96. The SMILES string of the molecule is CCC(C)c1c(Nc2nc(-c3ccc(-c4cnn(C)c4)cc3)nn2C)ccc2[nH]ncc12. The molecule has 0 saturated carbocycles. The van der Waals surface area contributed by atoms with Crippen LogP contribution in [0.3, 0.4) is 0 Å². The van der Waals surface area contributed by atoms with Crippen molar-refractivity contribution >= 4 is 22.5 Å². The molecular weight excluding hydrogens is 400 g/mol. The van der Waals surface area contributed by atoms with Crippen LogP contribution in [0.4, 0.5) is 11.6 Å². The number of fused-ring (bicyclic) bond motifs is 1. The summed E-state index contributed by atoms with van der Waals surface area (Å²) in [5, 5.41) is 20.8. The Morgan fingerprint density at radius 3 is 2.50 bits per heavy atom. The predicted molar refractivity (Wildman–Crippen MR) is 127 cm³/mol. The Balaban J connectivity index is 1.46. The molecule has 0 aliphatic rings. The average molecular weight is 427 g/mol. The van der Waals surface area contributed by atoms with E-state index in [2.05, 4.69) is 57.8 Å². The van der Waals surface area contributed by atoms with Gasteiger partial charge in [0.25, 0.3) is 0 Å². The monoisotopic (exact) mass is 426 g/mol. The second-order valence-electron chi connectivity index (χ2n) is 8.15. The molecule has 32 heavy (non-hydrogen) atoms. The van der Waals surface area contributed by atoms with Gasteiger partial charge in [0.05, 0.1) is 17.9 Å². The third-order valence-corrected chi connectivity index (χ3v) is 5.96. The summed E-state index contributed by atoms with van der Waals surface area (Å²) >= 11 is 0. The van der Waals surface area contributed by atoms with Gasteiger partial charge in [-0.25, -0.2) is 4.68 Å². The maximum absolute atomic E-state index is 4.78. The van der Waals surface area contributed by atoms with Crippen LogP contribution in [-0.4, -0.2) is 34.7 Å². The van der Waals surface area contributed by atoms with Crippen molar-refractivity contribution in [2.24, 2.45) is 14.1 Å². The minimum atomic E-state index is 0.381. The molecule has 162 valence electrons. The molecule has 8 nitrogen and oxygen atoms in total. The van der Waals surface area contributed by atoms with E-state index in [9.17, 15) is 0 Å². The summed E-state index contributed by atoms with van der Waals surface area (Å²) in [6, 6.07) is 12.4. The number of nitrogens with one attached hydrogen (secondary N) is 2. The van der Waals surface area contributed by atoms with Crippen LogP contribution in [0.5, 0.6) is 0 Å². The van der Waals surface area contributed by atoms with Crippen molar-refractivity contribution in [2.45, 2.75) is 26.2 Å². The lowest BCUT2D eigenvalue weighted by atomic mass is 9.93. The molecular formula is C24H26N8. The lowest BCUT2D eigenvalue weighted by Gasteiger charge is -2.17. The summed E-state index contributed by atoms with van der Waals surface area (Å²) in [5.41, 5.74) is 6.48. The zero-order valence-electron chi connectivity index (χ0n) is 18.7. The molecule has 0 bridgehead atoms. The van der Waals surface area contributed by atoms with E-state index in [1.165, 1.54) is 5.56 Å². The van der Waals surface area contributed by atoms with Gasteiger partial charge in [0.2, 0.25) is 5.95 Å². The quantitative estimate of drug-likeness (QED) is 0.398. The van der Waals surface area contributed by atoms with Crippen molar-refractivity contribution in [3.05, 3.63) is 60.6 Å². The Morgan fingerprint density at radius 1 is 1.00 bits per heavy atom. The Morgan fingerprint density at radius 2 is 1.78 bits per heavy atom. The molecule has 3 heterocycles. The number of aromatic nitrogens is 7. The van der Waals surface area contributed by atoms with Crippen LogP contribution in [0.1, 0.15) is 31.7 Å². The van der Waals surface area contributed by atoms with Crippen molar-refractivity contribution in [3.63, 3.8) is 0 Å². The van der Waals surface area contributed by atoms with Crippen LogP contribution >= 0.6 is 0 Å². The molecule has 2 aromatic carbocycles. The number of aromatic amines is 1. The van der Waals surface area contributed by atoms with E-state index >= 15 is 0 Å². The Hall–Kier alpha value is -3.94. The number of benzene rings is 2. The number of anilines is 2. The normalized spacial score (nSPS) is 12.4. The van der Waals surface area contributed by atoms with Gasteiger partial charge in [0.1, 0.15) is 0 Å². The molecule has 1 atom stereocenters. The first-order valence-electron chi connectivity index (χ1n) is 10.8. The fraction of sp³-hybridized carbons (Fsp3) is 0.250. The van der Waals surface area contributed by atoms with Crippen molar-refractivity contribution < 1.29 is 0 Å². The predicted octanol–water partition coefficient (Wildman–Crippen LogP) is 5.02. The second-order valence-corrected chi connectivity index (χ2v) is 8.15. The van der Waals surface area contributed by atoms with Gasteiger partial charge >= 0.3 is 0 Å². The minimum absolute atomic E-state index is 0.381. The molecule has 0 radical (unpaired) electrons. The molecule has 0 amide bonds. The lowest BCUT2D eigenvalue weighted by molar-refractivity contribution is 0.739. The average Bonchev–Trinajstić information content (AvgIpc) is 3.54. The highest BCUT2D eigenvalue weighted by Gasteiger charge is 2.17. The Bertz CT molecular complexity index is 1370. The highest BCUT2D eigenvalue weighted by Crippen LogP contribution is 2.35. The molecule has 0 aliphatic carbocycles. The first-order chi connectivity index (χ1) is 15.5. The summed E-state index contributed by atoms with van der Waals surface area (Å²) in [6.45, 7) is 4.43. The number of rotatable bonds is 6. The Labute approximate surface area is 186 Å². The molecule has 0 aliphatic heterocycles. The third kappa shape index (κ3) is 3.53. The maximum atomic E-state index is 4.78. The van der Waals surface area contributed by atoms with E-state index in [0.717, 1.165) is 39.7 Å². The first kappa shape index (κ1) is 20.0. The van der Waals surface area contributed by atoms with E-state index in [4.69, 9.17) is 4.98 Å². The fourth-order valence-electron chi connectivity index (χ4n) is 4.00. The number of H-pyrrole nitrogens is 1. The van der Waals surface area contributed by atoms with Gasteiger partial charge < -0.3 is 5.32 Å². The van der Waals surface area contributed by atoms with E-state index in [1.54, 1.807) is 9.36 Å². The highest BCUT2D eigenvalue weighted by atomic mass is 15.4. The zero-order chi connectivity index (χ0) is 22.2. The smallest absolute Gasteiger partial charge is 0.225 e. The number of hydrogen-bond donors (Lipinski definition) is 2. The number of hydrogen-bond acceptors (Lipinski definition) is 5. The molecule has 0 fully saturated rings. The zero-order valence-corrected chi connectivity index (χ0v) is 18.7. The van der Waals surface area contributed by atoms with E-state index in [0.29, 0.717) is 17.7 Å². The molecule has 5 rings (SSSR count). The van der Waals surface area contributed by atoms with Crippen LogP contribution < -0.4 is 5.32 Å². The Kier molecular flexibility index (Phi) is 4.97. The van der Waals surface area contributed by atoms with Crippen LogP contribution in [0.2, 0.25) is 0 Å². The molecule has 5 aromatic rings. The van der Waals surface area contributed by atoms with Gasteiger partial charge in [-0.05, 0) is 35.6 Å². The summed E-state index contributed by atoms with van der Waals surface area (Å²) < 4.78 is 3.58. The molecule has 0 spiro atoms. The van der Waals surface area contributed by atoms with Crippen molar-refractivity contribution in [1.29, 1.82) is 0 Å². The van der Waals surface area contributed by atoms with Crippen LogP contribution in [0.15, 0.2) is 55.0 Å². The van der Waals surface area contributed by atoms with Crippen molar-refractivity contribution in [3.8, 4) is 22.5 Å². The fourth-order valence-corrected chi connectivity index (χ4v) is 4.00. The molecule has 1 unspecified atom stereocenters. The van der Waals surface area contributed by atoms with Crippen LogP contribution in [-0.2, 0) is 14.1 Å². The van der Waals surface area contributed by atoms with Gasteiger partial charge in [-0.1, -0.05) is 38.1 Å². The second kappa shape index (κ2) is 7.96. The number of nitrogens with zero attached hydrogens (tertiary/aromatic N) is 6. The van der Waals surface area contributed by atoms with Crippen LogP contribution in [0, 0.1) is 0 Å². The topological polar surface area (TPSA) is 89.2 Å². The van der Waals surface area contributed by atoms with Gasteiger partial charge in [-0.15, -0.1) is 5.10 Å². The summed E-state index contributed by atoms with van der Waals surface area (Å²) in [5.74, 6) is 1.76. The summed E-state index contributed by atoms with van der Waals surface area (Å²) in [7, 11) is 3.82. The molecule has 0 saturated heterocycles. The van der Waals surface area contributed by atoms with Gasteiger partial charge in [0, 0.05) is 42.5 Å². The van der Waals surface area contributed by atoms with Gasteiger partial charge in [-0.2, -0.15) is 15.2 Å². The maximum Gasteiger partial charge on any atom is 0.225 e. The first-order valence-corrected chi connectivity index (χ1v) is 10.8. The van der Waals surface area contributed by atoms with Crippen molar-refractivity contribution in [1.82, 2.24) is 34.7 Å². The molecule has 8 heteroatoms. The summed E-state index contributed by atoms with van der Waals surface area (Å²) in [4.78, 5) is 4.78. The van der Waals surface area contributed by atoms with E-state index < -0.39 is 0 Å². The van der Waals surface area contributed by atoms with Gasteiger partial charge in [-0.3, -0.25) is 9.78 Å². The van der Waals surface area contributed by atoms with E-state index in [-0.39, 0.29) is 0 Å². The molecule has 2 N–H and O–H groups in total. The van der Waals surface area contributed by atoms with Crippen LogP contribution in [0.25, 0.3) is 33.4 Å². The highest BCUT2D eigenvalue weighted by molar-refractivity contribution is 5.88. The lowest BCUT2D eigenvalue weighted by Crippen LogP contribution is -2.04. The van der Waals surface area contributed by atoms with Gasteiger partial charge in [0.15, 0.2) is 5.82 Å². The largest absolute Gasteiger partial charge is 0.324 e. The van der Waals surface area contributed by atoms with Crippen molar-refractivity contribution in [2.75, 3.05) is 5.32 Å². The number of aryl methyl sites for hydroxylation is 2. The molecule has 3 aromatic heterocycles. The standard InChI is InChI=1S/C24H26N8/c1-5-15(2)22-19-13-25-29-20(19)10-11-21(22)27-24-28-23(30-32(24)4)17-8-6-16(7-9-17)18-12-26-31(3)14-18/h6-15H,5H2,1-4H3,(H,25,29)(H,27,28,30). The van der Waals surface area contributed by atoms with E-state index in [1.807, 2.05) is 50.9 Å².